The Bertz CT molecular complexity index is 435. The number of fused-ring (bicyclic) bond motifs is 1. The Hall–Kier alpha value is -1.02. The maximum Gasteiger partial charge on any atom is 0.115 e. The molecule has 2 aliphatic carbocycles. The Morgan fingerprint density at radius 1 is 1.11 bits per heavy atom. The molecule has 2 aliphatic rings. The molecule has 2 heteroatoms. The molecule has 1 fully saturated rings. The predicted molar refractivity (Wildman–Crippen MR) is 78.3 cm³/mol. The summed E-state index contributed by atoms with van der Waals surface area (Å²) < 4.78 is 0. The Morgan fingerprint density at radius 3 is 2.68 bits per heavy atom. The summed E-state index contributed by atoms with van der Waals surface area (Å²) in [4.78, 5) is 0. The lowest BCUT2D eigenvalue weighted by Gasteiger charge is -2.34. The minimum Gasteiger partial charge on any atom is -0.508 e. The van der Waals surface area contributed by atoms with Crippen molar-refractivity contribution in [1.29, 1.82) is 0 Å². The number of aromatic hydroxyl groups is 1. The zero-order chi connectivity index (χ0) is 13.2. The molecule has 1 aromatic carbocycles. The molecule has 0 aromatic heterocycles. The maximum atomic E-state index is 9.60. The Labute approximate surface area is 116 Å². The Morgan fingerprint density at radius 2 is 1.89 bits per heavy atom. The Balaban J connectivity index is 1.70. The average molecular weight is 259 g/mol. The second-order valence-corrected chi connectivity index (χ2v) is 6.45. The maximum absolute atomic E-state index is 9.60. The molecule has 0 spiro atoms. The molecule has 2 nitrogen and oxygen atoms in total. The van der Waals surface area contributed by atoms with Crippen LogP contribution in [0.25, 0.3) is 0 Å². The quantitative estimate of drug-likeness (QED) is 0.843. The first-order valence-electron chi connectivity index (χ1n) is 7.80. The standard InChI is InChI=1S/C17H25NO/c1-12-5-7-14(8-6-12)18-17-4-2-3-13-11-15(19)9-10-16(13)17/h9-12,14,17-19H,2-8H2,1H3. The van der Waals surface area contributed by atoms with Gasteiger partial charge in [0.1, 0.15) is 5.75 Å². The van der Waals surface area contributed by atoms with Gasteiger partial charge in [-0.05, 0) is 74.1 Å². The fraction of sp³-hybridized carbons (Fsp3) is 0.647. The fourth-order valence-electron chi connectivity index (χ4n) is 3.69. The van der Waals surface area contributed by atoms with E-state index in [-0.39, 0.29) is 0 Å². The van der Waals surface area contributed by atoms with Crippen LogP contribution in [0.15, 0.2) is 18.2 Å². The van der Waals surface area contributed by atoms with Crippen molar-refractivity contribution in [3.05, 3.63) is 29.3 Å². The highest BCUT2D eigenvalue weighted by Crippen LogP contribution is 2.34. The number of benzene rings is 1. The van der Waals surface area contributed by atoms with Crippen molar-refractivity contribution in [1.82, 2.24) is 5.32 Å². The van der Waals surface area contributed by atoms with Crippen molar-refractivity contribution in [2.45, 2.75) is 64.0 Å². The second-order valence-electron chi connectivity index (χ2n) is 6.45. The second kappa shape index (κ2) is 5.54. The highest BCUT2D eigenvalue weighted by Gasteiger charge is 2.25. The summed E-state index contributed by atoms with van der Waals surface area (Å²) in [6, 6.07) is 7.10. The molecular formula is C17H25NO. The van der Waals surface area contributed by atoms with Crippen LogP contribution in [0.4, 0.5) is 0 Å². The lowest BCUT2D eigenvalue weighted by Crippen LogP contribution is -2.37. The van der Waals surface area contributed by atoms with Crippen molar-refractivity contribution in [3.8, 4) is 5.75 Å². The van der Waals surface area contributed by atoms with E-state index < -0.39 is 0 Å². The van der Waals surface area contributed by atoms with Gasteiger partial charge in [-0.15, -0.1) is 0 Å². The molecule has 0 aliphatic heterocycles. The van der Waals surface area contributed by atoms with Gasteiger partial charge in [0.2, 0.25) is 0 Å². The lowest BCUT2D eigenvalue weighted by atomic mass is 9.84. The van der Waals surface area contributed by atoms with Gasteiger partial charge in [0.25, 0.3) is 0 Å². The van der Waals surface area contributed by atoms with Crippen LogP contribution in [-0.2, 0) is 6.42 Å². The number of phenolic OH excluding ortho intramolecular Hbond substituents is 1. The summed E-state index contributed by atoms with van der Waals surface area (Å²) in [7, 11) is 0. The van der Waals surface area contributed by atoms with Gasteiger partial charge in [-0.25, -0.2) is 0 Å². The minimum atomic E-state index is 0.408. The average Bonchev–Trinajstić information content (AvgIpc) is 2.41. The third kappa shape index (κ3) is 2.94. The molecule has 19 heavy (non-hydrogen) atoms. The zero-order valence-electron chi connectivity index (χ0n) is 11.9. The Kier molecular flexibility index (Phi) is 3.79. The van der Waals surface area contributed by atoms with Crippen LogP contribution in [0.5, 0.6) is 5.75 Å². The van der Waals surface area contributed by atoms with E-state index in [1.165, 1.54) is 49.7 Å². The molecule has 1 aromatic rings. The molecule has 0 amide bonds. The molecule has 0 radical (unpaired) electrons. The van der Waals surface area contributed by atoms with Gasteiger partial charge in [0.05, 0.1) is 0 Å². The van der Waals surface area contributed by atoms with Crippen molar-refractivity contribution in [3.63, 3.8) is 0 Å². The van der Waals surface area contributed by atoms with Crippen LogP contribution in [0.2, 0.25) is 0 Å². The van der Waals surface area contributed by atoms with Crippen LogP contribution in [-0.4, -0.2) is 11.1 Å². The van der Waals surface area contributed by atoms with E-state index in [2.05, 4.69) is 18.3 Å². The molecular weight excluding hydrogens is 234 g/mol. The third-order valence-corrected chi connectivity index (χ3v) is 4.89. The van der Waals surface area contributed by atoms with Crippen molar-refractivity contribution in [2.24, 2.45) is 5.92 Å². The molecule has 0 saturated heterocycles. The van der Waals surface area contributed by atoms with Crippen molar-refractivity contribution < 1.29 is 5.11 Å². The smallest absolute Gasteiger partial charge is 0.115 e. The number of nitrogens with one attached hydrogen (secondary N) is 1. The van der Waals surface area contributed by atoms with Crippen molar-refractivity contribution in [2.75, 3.05) is 0 Å². The molecule has 3 rings (SSSR count). The van der Waals surface area contributed by atoms with Gasteiger partial charge in [-0.2, -0.15) is 0 Å². The fourth-order valence-corrected chi connectivity index (χ4v) is 3.69. The van der Waals surface area contributed by atoms with Gasteiger partial charge in [-0.1, -0.05) is 13.0 Å². The highest BCUT2D eigenvalue weighted by molar-refractivity contribution is 5.38. The van der Waals surface area contributed by atoms with E-state index in [1.807, 2.05) is 12.1 Å². The summed E-state index contributed by atoms with van der Waals surface area (Å²) >= 11 is 0. The summed E-state index contributed by atoms with van der Waals surface area (Å²) in [6.45, 7) is 2.37. The molecule has 1 saturated carbocycles. The number of phenols is 1. The van der Waals surface area contributed by atoms with E-state index in [0.29, 0.717) is 17.8 Å². The van der Waals surface area contributed by atoms with Gasteiger partial charge >= 0.3 is 0 Å². The monoisotopic (exact) mass is 259 g/mol. The van der Waals surface area contributed by atoms with Crippen LogP contribution < -0.4 is 5.32 Å². The van der Waals surface area contributed by atoms with Gasteiger partial charge in [-0.3, -0.25) is 0 Å². The van der Waals surface area contributed by atoms with E-state index >= 15 is 0 Å². The van der Waals surface area contributed by atoms with Gasteiger partial charge in [0, 0.05) is 12.1 Å². The summed E-state index contributed by atoms with van der Waals surface area (Å²) in [5.74, 6) is 1.32. The summed E-state index contributed by atoms with van der Waals surface area (Å²) in [5.41, 5.74) is 2.76. The SMILES string of the molecule is CC1CCC(NC2CCCc3cc(O)ccc32)CC1. The molecule has 0 heterocycles. The number of rotatable bonds is 2. The molecule has 104 valence electrons. The topological polar surface area (TPSA) is 32.3 Å². The normalized spacial score (nSPS) is 30.9. The first-order valence-corrected chi connectivity index (χ1v) is 7.80. The van der Waals surface area contributed by atoms with Gasteiger partial charge in [0.15, 0.2) is 0 Å². The zero-order valence-corrected chi connectivity index (χ0v) is 11.9. The van der Waals surface area contributed by atoms with E-state index in [1.54, 1.807) is 0 Å². The minimum absolute atomic E-state index is 0.408. The first kappa shape index (κ1) is 13.0. The van der Waals surface area contributed by atoms with Gasteiger partial charge < -0.3 is 10.4 Å². The predicted octanol–water partition coefficient (Wildman–Crippen LogP) is 3.94. The number of aryl methyl sites for hydroxylation is 1. The first-order chi connectivity index (χ1) is 9.22. The lowest BCUT2D eigenvalue weighted by molar-refractivity contribution is 0.277. The summed E-state index contributed by atoms with van der Waals surface area (Å²) in [5, 5.41) is 13.5. The largest absolute Gasteiger partial charge is 0.508 e. The highest BCUT2D eigenvalue weighted by atomic mass is 16.3. The molecule has 0 bridgehead atoms. The number of hydrogen-bond donors (Lipinski definition) is 2. The van der Waals surface area contributed by atoms with E-state index in [4.69, 9.17) is 0 Å². The number of hydrogen-bond acceptors (Lipinski definition) is 2. The van der Waals surface area contributed by atoms with Crippen molar-refractivity contribution >= 4 is 0 Å². The molecule has 1 atom stereocenters. The van der Waals surface area contributed by atoms with Crippen LogP contribution >= 0.6 is 0 Å². The summed E-state index contributed by atoms with van der Waals surface area (Å²) in [6.07, 6.45) is 8.97. The van der Waals surface area contributed by atoms with E-state index in [9.17, 15) is 5.11 Å². The molecule has 1 unspecified atom stereocenters. The van der Waals surface area contributed by atoms with Crippen LogP contribution in [0, 0.1) is 5.92 Å². The van der Waals surface area contributed by atoms with Crippen LogP contribution in [0.1, 0.15) is 62.6 Å². The molecule has 2 N–H and O–H groups in total. The van der Waals surface area contributed by atoms with E-state index in [0.717, 1.165) is 12.3 Å². The third-order valence-electron chi connectivity index (χ3n) is 4.89. The van der Waals surface area contributed by atoms with Crippen LogP contribution in [0.3, 0.4) is 0 Å².